The zero-order valence-corrected chi connectivity index (χ0v) is 13.2. The SMILES string of the molecule is O=C1CCCCc2cc(C(=O)N3CCS(=O)(=O)CC3)ccc21. The number of carbonyl (C=O) groups is 2. The van der Waals surface area contributed by atoms with Crippen LogP contribution in [0.15, 0.2) is 18.2 Å². The number of amides is 1. The maximum absolute atomic E-state index is 12.5. The molecule has 1 heterocycles. The summed E-state index contributed by atoms with van der Waals surface area (Å²) >= 11 is 0. The van der Waals surface area contributed by atoms with Crippen molar-refractivity contribution in [1.29, 1.82) is 0 Å². The maximum atomic E-state index is 12.5. The third-order valence-electron chi connectivity index (χ3n) is 4.38. The lowest BCUT2D eigenvalue weighted by Gasteiger charge is -2.27. The highest BCUT2D eigenvalue weighted by Gasteiger charge is 2.26. The van der Waals surface area contributed by atoms with Gasteiger partial charge in [0.05, 0.1) is 11.5 Å². The predicted molar refractivity (Wildman–Crippen MR) is 82.9 cm³/mol. The van der Waals surface area contributed by atoms with E-state index < -0.39 is 9.84 Å². The molecule has 0 aromatic heterocycles. The molecular weight excluding hydrogens is 302 g/mol. The van der Waals surface area contributed by atoms with Crippen LogP contribution < -0.4 is 0 Å². The van der Waals surface area contributed by atoms with Crippen molar-refractivity contribution in [3.63, 3.8) is 0 Å². The monoisotopic (exact) mass is 321 g/mol. The average molecular weight is 321 g/mol. The lowest BCUT2D eigenvalue weighted by atomic mass is 9.99. The van der Waals surface area contributed by atoms with E-state index in [1.807, 2.05) is 6.07 Å². The van der Waals surface area contributed by atoms with Crippen molar-refractivity contribution in [3.05, 3.63) is 34.9 Å². The van der Waals surface area contributed by atoms with E-state index in [4.69, 9.17) is 0 Å². The number of hydrogen-bond acceptors (Lipinski definition) is 4. The number of carbonyl (C=O) groups excluding carboxylic acids is 2. The Labute approximate surface area is 130 Å². The summed E-state index contributed by atoms with van der Waals surface area (Å²) in [7, 11) is -3.00. The van der Waals surface area contributed by atoms with E-state index in [9.17, 15) is 18.0 Å². The fourth-order valence-electron chi connectivity index (χ4n) is 3.04. The summed E-state index contributed by atoms with van der Waals surface area (Å²) in [5, 5.41) is 0. The topological polar surface area (TPSA) is 71.5 Å². The number of Topliss-reactive ketones (excluding diaryl/α,β-unsaturated/α-hetero) is 1. The van der Waals surface area contributed by atoms with Gasteiger partial charge in [-0.05, 0) is 37.0 Å². The number of ketones is 1. The molecule has 0 N–H and O–H groups in total. The lowest BCUT2D eigenvalue weighted by Crippen LogP contribution is -2.43. The Morgan fingerprint density at radius 1 is 1.05 bits per heavy atom. The van der Waals surface area contributed by atoms with Gasteiger partial charge in [0.2, 0.25) is 0 Å². The van der Waals surface area contributed by atoms with Gasteiger partial charge in [-0.1, -0.05) is 6.07 Å². The molecule has 1 aliphatic carbocycles. The quantitative estimate of drug-likeness (QED) is 0.734. The van der Waals surface area contributed by atoms with Crippen molar-refractivity contribution in [3.8, 4) is 0 Å². The van der Waals surface area contributed by atoms with Crippen LogP contribution >= 0.6 is 0 Å². The molecule has 22 heavy (non-hydrogen) atoms. The summed E-state index contributed by atoms with van der Waals surface area (Å²) in [4.78, 5) is 26.1. The van der Waals surface area contributed by atoms with Crippen molar-refractivity contribution in [2.75, 3.05) is 24.6 Å². The van der Waals surface area contributed by atoms with Crippen LogP contribution in [0.3, 0.4) is 0 Å². The second kappa shape index (κ2) is 5.83. The molecule has 0 saturated carbocycles. The van der Waals surface area contributed by atoms with Crippen molar-refractivity contribution in [2.45, 2.75) is 25.7 Å². The minimum Gasteiger partial charge on any atom is -0.337 e. The minimum absolute atomic E-state index is 0.0299. The van der Waals surface area contributed by atoms with Crippen LogP contribution in [0.25, 0.3) is 0 Å². The summed E-state index contributed by atoms with van der Waals surface area (Å²) in [6.45, 7) is 0.494. The Hall–Kier alpha value is -1.69. The molecule has 2 aliphatic rings. The number of aryl methyl sites for hydroxylation is 1. The zero-order chi connectivity index (χ0) is 15.7. The number of hydrogen-bond donors (Lipinski definition) is 0. The minimum atomic E-state index is -3.00. The molecule has 3 rings (SSSR count). The highest BCUT2D eigenvalue weighted by molar-refractivity contribution is 7.91. The Morgan fingerprint density at radius 2 is 1.73 bits per heavy atom. The maximum Gasteiger partial charge on any atom is 0.253 e. The van der Waals surface area contributed by atoms with Gasteiger partial charge in [-0.25, -0.2) is 8.42 Å². The van der Waals surface area contributed by atoms with Crippen LogP contribution in [0.5, 0.6) is 0 Å². The standard InChI is InChI=1S/C16H19NO4S/c18-15-4-2-1-3-12-11-13(5-6-14(12)15)16(19)17-7-9-22(20,21)10-8-17/h5-6,11H,1-4,7-10H2. The van der Waals surface area contributed by atoms with Crippen LogP contribution in [0.4, 0.5) is 0 Å². The molecule has 1 aromatic rings. The second-order valence-electron chi connectivity index (χ2n) is 5.95. The van der Waals surface area contributed by atoms with E-state index >= 15 is 0 Å². The van der Waals surface area contributed by atoms with Crippen LogP contribution in [0.2, 0.25) is 0 Å². The second-order valence-corrected chi connectivity index (χ2v) is 8.25. The number of fused-ring (bicyclic) bond motifs is 1. The van der Waals surface area contributed by atoms with E-state index in [1.54, 1.807) is 17.0 Å². The van der Waals surface area contributed by atoms with Gasteiger partial charge in [0.1, 0.15) is 0 Å². The first-order valence-electron chi connectivity index (χ1n) is 7.62. The lowest BCUT2D eigenvalue weighted by molar-refractivity contribution is 0.0769. The van der Waals surface area contributed by atoms with Crippen LogP contribution in [-0.4, -0.2) is 49.6 Å². The largest absolute Gasteiger partial charge is 0.337 e. The van der Waals surface area contributed by atoms with Gasteiger partial charge in [0.15, 0.2) is 15.6 Å². The van der Waals surface area contributed by atoms with Gasteiger partial charge in [-0.2, -0.15) is 0 Å². The summed E-state index contributed by atoms with van der Waals surface area (Å²) in [6.07, 6.45) is 3.24. The molecule has 118 valence electrons. The normalized spacial score (nSPS) is 21.1. The molecule has 6 heteroatoms. The van der Waals surface area contributed by atoms with Gasteiger partial charge in [-0.15, -0.1) is 0 Å². The molecule has 0 radical (unpaired) electrons. The molecule has 1 fully saturated rings. The molecule has 1 amide bonds. The highest BCUT2D eigenvalue weighted by Crippen LogP contribution is 2.22. The number of rotatable bonds is 1. The Balaban J connectivity index is 1.82. The molecule has 1 aliphatic heterocycles. The Bertz CT molecular complexity index is 710. The van der Waals surface area contributed by atoms with Gasteiger partial charge < -0.3 is 4.90 Å². The van der Waals surface area contributed by atoms with E-state index in [0.717, 1.165) is 30.4 Å². The molecule has 1 saturated heterocycles. The number of benzene rings is 1. The first-order chi connectivity index (χ1) is 10.5. The Morgan fingerprint density at radius 3 is 2.45 bits per heavy atom. The first-order valence-corrected chi connectivity index (χ1v) is 9.44. The third-order valence-corrected chi connectivity index (χ3v) is 5.99. The van der Waals surface area contributed by atoms with Gasteiger partial charge >= 0.3 is 0 Å². The van der Waals surface area contributed by atoms with Crippen LogP contribution in [0, 0.1) is 0 Å². The van der Waals surface area contributed by atoms with Crippen molar-refractivity contribution in [1.82, 2.24) is 4.90 Å². The van der Waals surface area contributed by atoms with Gasteiger partial charge in [-0.3, -0.25) is 9.59 Å². The summed E-state index contributed by atoms with van der Waals surface area (Å²) in [5.74, 6) is 0.0644. The van der Waals surface area contributed by atoms with Crippen LogP contribution in [-0.2, 0) is 16.3 Å². The number of nitrogens with zero attached hydrogens (tertiary/aromatic N) is 1. The third kappa shape index (κ3) is 3.06. The van der Waals surface area contributed by atoms with E-state index in [2.05, 4.69) is 0 Å². The van der Waals surface area contributed by atoms with E-state index in [-0.39, 0.29) is 36.3 Å². The first kappa shape index (κ1) is 15.2. The summed E-state index contributed by atoms with van der Waals surface area (Å²) in [6, 6.07) is 5.24. The molecule has 0 unspecified atom stereocenters. The molecule has 5 nitrogen and oxygen atoms in total. The summed E-state index contributed by atoms with van der Waals surface area (Å²) in [5.41, 5.74) is 2.22. The molecular formula is C16H19NO4S. The zero-order valence-electron chi connectivity index (χ0n) is 12.4. The molecule has 0 bridgehead atoms. The smallest absolute Gasteiger partial charge is 0.253 e. The molecule has 1 aromatic carbocycles. The van der Waals surface area contributed by atoms with Gasteiger partial charge in [0, 0.05) is 30.6 Å². The molecule has 0 spiro atoms. The van der Waals surface area contributed by atoms with E-state index in [0.29, 0.717) is 12.0 Å². The van der Waals surface area contributed by atoms with Crippen molar-refractivity contribution in [2.24, 2.45) is 0 Å². The predicted octanol–water partition coefficient (Wildman–Crippen LogP) is 1.47. The average Bonchev–Trinajstić information content (AvgIpc) is 2.68. The summed E-state index contributed by atoms with van der Waals surface area (Å²) < 4.78 is 22.9. The Kier molecular flexibility index (Phi) is 4.04. The van der Waals surface area contributed by atoms with E-state index in [1.165, 1.54) is 0 Å². The fraction of sp³-hybridized carbons (Fsp3) is 0.500. The molecule has 0 atom stereocenters. The fourth-order valence-corrected chi connectivity index (χ4v) is 4.24. The highest BCUT2D eigenvalue weighted by atomic mass is 32.2. The van der Waals surface area contributed by atoms with Crippen molar-refractivity contribution >= 4 is 21.5 Å². The van der Waals surface area contributed by atoms with Crippen molar-refractivity contribution < 1.29 is 18.0 Å². The van der Waals surface area contributed by atoms with Crippen LogP contribution in [0.1, 0.15) is 45.5 Å². The number of sulfone groups is 1. The van der Waals surface area contributed by atoms with Gasteiger partial charge in [0.25, 0.3) is 5.91 Å².